The van der Waals surface area contributed by atoms with Gasteiger partial charge in [0.15, 0.2) is 9.84 Å². The van der Waals surface area contributed by atoms with Gasteiger partial charge in [-0.1, -0.05) is 0 Å². The summed E-state index contributed by atoms with van der Waals surface area (Å²) in [5.41, 5.74) is 1.31. The highest BCUT2D eigenvalue weighted by Gasteiger charge is 2.27. The Balaban J connectivity index is 1.69. The molecule has 5 nitrogen and oxygen atoms in total. The van der Waals surface area contributed by atoms with Crippen molar-refractivity contribution < 1.29 is 12.8 Å². The van der Waals surface area contributed by atoms with Crippen LogP contribution in [0.5, 0.6) is 0 Å². The summed E-state index contributed by atoms with van der Waals surface area (Å²) in [7, 11) is -2.85. The standard InChI is InChI=1S/C12H14FN3O2S/c13-9-1-2-10-11(5-9)16-12(15-10)14-6-8-3-4-19(17,18)7-8/h1-2,5,8H,3-4,6-7H2,(H2,14,15,16). The molecule has 1 aromatic carbocycles. The van der Waals surface area contributed by atoms with E-state index in [2.05, 4.69) is 15.3 Å². The molecule has 1 aromatic heterocycles. The second-order valence-corrected chi connectivity index (χ2v) is 7.13. The van der Waals surface area contributed by atoms with Crippen molar-refractivity contribution >= 4 is 26.8 Å². The van der Waals surface area contributed by atoms with E-state index in [1.165, 1.54) is 12.1 Å². The molecular weight excluding hydrogens is 269 g/mol. The second kappa shape index (κ2) is 4.48. The zero-order chi connectivity index (χ0) is 13.5. The zero-order valence-corrected chi connectivity index (χ0v) is 11.0. The molecule has 2 aromatic rings. The third-order valence-electron chi connectivity index (χ3n) is 3.33. The van der Waals surface area contributed by atoms with Gasteiger partial charge in [-0.2, -0.15) is 0 Å². The first-order valence-electron chi connectivity index (χ1n) is 6.11. The number of anilines is 1. The molecule has 1 atom stereocenters. The third-order valence-corrected chi connectivity index (χ3v) is 5.17. The predicted molar refractivity (Wildman–Crippen MR) is 71.3 cm³/mol. The number of benzene rings is 1. The largest absolute Gasteiger partial charge is 0.355 e. The molecule has 1 aliphatic heterocycles. The average molecular weight is 283 g/mol. The third kappa shape index (κ3) is 2.70. The van der Waals surface area contributed by atoms with Gasteiger partial charge in [0.1, 0.15) is 5.82 Å². The molecule has 1 aliphatic rings. The Morgan fingerprint density at radius 2 is 2.32 bits per heavy atom. The van der Waals surface area contributed by atoms with Crippen LogP contribution < -0.4 is 5.32 Å². The van der Waals surface area contributed by atoms with Gasteiger partial charge in [0.25, 0.3) is 0 Å². The number of hydrogen-bond donors (Lipinski definition) is 2. The molecule has 1 fully saturated rings. The van der Waals surface area contributed by atoms with Crippen LogP contribution in [0.25, 0.3) is 11.0 Å². The number of H-pyrrole nitrogens is 1. The number of aromatic amines is 1. The fraction of sp³-hybridized carbons (Fsp3) is 0.417. The molecule has 2 heterocycles. The highest BCUT2D eigenvalue weighted by atomic mass is 32.2. The lowest BCUT2D eigenvalue weighted by Crippen LogP contribution is -2.16. The maximum atomic E-state index is 13.0. The monoisotopic (exact) mass is 283 g/mol. The van der Waals surface area contributed by atoms with Crippen LogP contribution in [0.2, 0.25) is 0 Å². The summed E-state index contributed by atoms with van der Waals surface area (Å²) in [5.74, 6) is 0.851. The van der Waals surface area contributed by atoms with Gasteiger partial charge in [-0.25, -0.2) is 17.8 Å². The molecule has 0 spiro atoms. The second-order valence-electron chi connectivity index (χ2n) is 4.90. The van der Waals surface area contributed by atoms with E-state index in [0.717, 1.165) is 0 Å². The molecule has 102 valence electrons. The molecule has 3 rings (SSSR count). The van der Waals surface area contributed by atoms with Crippen molar-refractivity contribution in [3.05, 3.63) is 24.0 Å². The normalized spacial score (nSPS) is 21.8. The Morgan fingerprint density at radius 1 is 1.47 bits per heavy atom. The summed E-state index contributed by atoms with van der Waals surface area (Å²) < 4.78 is 35.7. The summed E-state index contributed by atoms with van der Waals surface area (Å²) in [4.78, 5) is 7.24. The van der Waals surface area contributed by atoms with E-state index in [0.29, 0.717) is 29.9 Å². The Hall–Kier alpha value is -1.63. The lowest BCUT2D eigenvalue weighted by molar-refractivity contribution is 0.595. The van der Waals surface area contributed by atoms with E-state index in [1.807, 2.05) is 0 Å². The van der Waals surface area contributed by atoms with Crippen LogP contribution in [0.1, 0.15) is 6.42 Å². The summed E-state index contributed by atoms with van der Waals surface area (Å²) in [6.07, 6.45) is 0.685. The highest BCUT2D eigenvalue weighted by Crippen LogP contribution is 2.20. The van der Waals surface area contributed by atoms with Crippen molar-refractivity contribution in [2.24, 2.45) is 5.92 Å². The average Bonchev–Trinajstić information content (AvgIpc) is 2.89. The fourth-order valence-electron chi connectivity index (χ4n) is 2.34. The van der Waals surface area contributed by atoms with Gasteiger partial charge >= 0.3 is 0 Å². The smallest absolute Gasteiger partial charge is 0.201 e. The highest BCUT2D eigenvalue weighted by molar-refractivity contribution is 7.91. The number of nitrogens with one attached hydrogen (secondary N) is 2. The van der Waals surface area contributed by atoms with Gasteiger partial charge in [0.2, 0.25) is 5.95 Å². The van der Waals surface area contributed by atoms with Crippen molar-refractivity contribution in [1.82, 2.24) is 9.97 Å². The van der Waals surface area contributed by atoms with Crippen molar-refractivity contribution in [2.75, 3.05) is 23.4 Å². The summed E-state index contributed by atoms with van der Waals surface area (Å²) in [6.45, 7) is 0.557. The number of fused-ring (bicyclic) bond motifs is 1. The van der Waals surface area contributed by atoms with E-state index in [1.54, 1.807) is 6.07 Å². The van der Waals surface area contributed by atoms with E-state index < -0.39 is 9.84 Å². The Bertz CT molecular complexity index is 711. The van der Waals surface area contributed by atoms with Crippen LogP contribution in [0.4, 0.5) is 10.3 Å². The zero-order valence-electron chi connectivity index (χ0n) is 10.2. The maximum Gasteiger partial charge on any atom is 0.201 e. The van der Waals surface area contributed by atoms with Gasteiger partial charge < -0.3 is 10.3 Å². The van der Waals surface area contributed by atoms with Crippen LogP contribution >= 0.6 is 0 Å². The number of sulfone groups is 1. The summed E-state index contributed by atoms with van der Waals surface area (Å²) in [6, 6.07) is 4.34. The van der Waals surface area contributed by atoms with Crippen LogP contribution in [-0.2, 0) is 9.84 Å². The van der Waals surface area contributed by atoms with Gasteiger partial charge in [-0.3, -0.25) is 0 Å². The number of halogens is 1. The lowest BCUT2D eigenvalue weighted by atomic mass is 10.1. The molecule has 2 N–H and O–H groups in total. The van der Waals surface area contributed by atoms with Crippen molar-refractivity contribution in [2.45, 2.75) is 6.42 Å². The van der Waals surface area contributed by atoms with Crippen LogP contribution in [0.3, 0.4) is 0 Å². The van der Waals surface area contributed by atoms with Crippen molar-refractivity contribution in [1.29, 1.82) is 0 Å². The minimum atomic E-state index is -2.85. The first kappa shape index (κ1) is 12.4. The Morgan fingerprint density at radius 3 is 3.05 bits per heavy atom. The topological polar surface area (TPSA) is 74.8 Å². The minimum absolute atomic E-state index is 0.120. The number of aromatic nitrogens is 2. The molecule has 0 aliphatic carbocycles. The SMILES string of the molecule is O=S1(=O)CCC(CNc2nc3ccc(F)cc3[nH]2)C1. The van der Waals surface area contributed by atoms with Crippen molar-refractivity contribution in [3.63, 3.8) is 0 Å². The van der Waals surface area contributed by atoms with Crippen molar-refractivity contribution in [3.8, 4) is 0 Å². The number of hydrogen-bond acceptors (Lipinski definition) is 4. The van der Waals surface area contributed by atoms with Crippen LogP contribution in [0, 0.1) is 11.7 Å². The van der Waals surface area contributed by atoms with Gasteiger partial charge in [-0.05, 0) is 30.5 Å². The first-order chi connectivity index (χ1) is 9.02. The first-order valence-corrected chi connectivity index (χ1v) is 7.93. The van der Waals surface area contributed by atoms with E-state index in [9.17, 15) is 12.8 Å². The summed E-state index contributed by atoms with van der Waals surface area (Å²) >= 11 is 0. The molecule has 0 radical (unpaired) electrons. The molecule has 0 saturated carbocycles. The van der Waals surface area contributed by atoms with E-state index in [4.69, 9.17) is 0 Å². The fourth-order valence-corrected chi connectivity index (χ4v) is 4.20. The lowest BCUT2D eigenvalue weighted by Gasteiger charge is -2.07. The van der Waals surface area contributed by atoms with E-state index >= 15 is 0 Å². The predicted octanol–water partition coefficient (Wildman–Crippen LogP) is 1.55. The molecule has 1 saturated heterocycles. The van der Waals surface area contributed by atoms with Crippen LogP contribution in [0.15, 0.2) is 18.2 Å². The maximum absolute atomic E-state index is 13.0. The molecule has 7 heteroatoms. The number of rotatable bonds is 3. The molecule has 19 heavy (non-hydrogen) atoms. The van der Waals surface area contributed by atoms with Crippen LogP contribution in [-0.4, -0.2) is 36.4 Å². The van der Waals surface area contributed by atoms with Gasteiger partial charge in [-0.15, -0.1) is 0 Å². The summed E-state index contributed by atoms with van der Waals surface area (Å²) in [5, 5.41) is 3.08. The number of nitrogens with zero attached hydrogens (tertiary/aromatic N) is 1. The Kier molecular flexibility index (Phi) is 2.93. The molecule has 1 unspecified atom stereocenters. The minimum Gasteiger partial charge on any atom is -0.355 e. The molecule has 0 bridgehead atoms. The molecular formula is C12H14FN3O2S. The quantitative estimate of drug-likeness (QED) is 0.896. The van der Waals surface area contributed by atoms with E-state index in [-0.39, 0.29) is 23.2 Å². The van der Waals surface area contributed by atoms with Gasteiger partial charge in [0.05, 0.1) is 22.5 Å². The Labute approximate surface area is 110 Å². The van der Waals surface area contributed by atoms with Gasteiger partial charge in [0, 0.05) is 6.54 Å². The molecule has 0 amide bonds. The number of imidazole rings is 1.